The number of nitrogens with one attached hydrogen (secondary N) is 1. The number of ether oxygens (including phenoxy) is 1. The Morgan fingerprint density at radius 3 is 2.67 bits per heavy atom. The van der Waals surface area contributed by atoms with E-state index in [2.05, 4.69) is 4.98 Å². The van der Waals surface area contributed by atoms with Crippen molar-refractivity contribution in [1.82, 2.24) is 9.88 Å². The number of aliphatic carboxylic acids is 1. The summed E-state index contributed by atoms with van der Waals surface area (Å²) in [6.07, 6.45) is 3.62. The molecule has 1 aliphatic heterocycles. The van der Waals surface area contributed by atoms with E-state index in [0.717, 1.165) is 12.8 Å². The molecule has 36 heavy (non-hydrogen) atoms. The minimum absolute atomic E-state index is 0.0455. The number of rotatable bonds is 6. The summed E-state index contributed by atoms with van der Waals surface area (Å²) in [6, 6.07) is 9.03. The maximum atomic E-state index is 13.5. The Balaban J connectivity index is 1.36. The second-order valence-electron chi connectivity index (χ2n) is 9.71. The summed E-state index contributed by atoms with van der Waals surface area (Å²) in [7, 11) is 0. The molecule has 5 rings (SSSR count). The highest BCUT2D eigenvalue weighted by Gasteiger charge is 2.56. The third kappa shape index (κ3) is 4.34. The van der Waals surface area contributed by atoms with Crippen LogP contribution >= 0.6 is 11.6 Å². The number of pyridine rings is 1. The molecule has 3 aromatic rings. The van der Waals surface area contributed by atoms with Crippen LogP contribution in [-0.2, 0) is 9.59 Å². The van der Waals surface area contributed by atoms with Gasteiger partial charge in [0.2, 0.25) is 0 Å². The fourth-order valence-corrected chi connectivity index (χ4v) is 5.58. The molecule has 2 heterocycles. The molecular weight excluding hydrogens is 487 g/mol. The van der Waals surface area contributed by atoms with Crippen molar-refractivity contribution in [2.24, 2.45) is 11.3 Å². The highest BCUT2D eigenvalue weighted by atomic mass is 35.5. The van der Waals surface area contributed by atoms with Crippen LogP contribution in [0.3, 0.4) is 0 Å². The topological polar surface area (TPSA) is 99.7 Å². The van der Waals surface area contributed by atoms with Crippen molar-refractivity contribution in [3.05, 3.63) is 63.8 Å². The van der Waals surface area contributed by atoms with Crippen LogP contribution in [0.15, 0.2) is 47.4 Å². The SMILES string of the molecule is C[C@@H](Oc1ccc2c(-c3ccc(F)cc3Cl)c[nH]c(=O)c2c1)C(=O)N1CCCC(C2(C(=O)O)CC2)C1. The summed E-state index contributed by atoms with van der Waals surface area (Å²) < 4.78 is 19.4. The number of fused-ring (bicyclic) bond motifs is 1. The first-order valence-corrected chi connectivity index (χ1v) is 12.4. The number of amides is 1. The molecule has 9 heteroatoms. The lowest BCUT2D eigenvalue weighted by molar-refractivity contribution is -0.149. The summed E-state index contributed by atoms with van der Waals surface area (Å²) >= 11 is 6.24. The molecule has 2 N–H and O–H groups in total. The van der Waals surface area contributed by atoms with Crippen LogP contribution in [0.2, 0.25) is 5.02 Å². The minimum atomic E-state index is -0.810. The molecule has 2 fully saturated rings. The van der Waals surface area contributed by atoms with Crippen molar-refractivity contribution in [3.63, 3.8) is 0 Å². The van der Waals surface area contributed by atoms with Crippen molar-refractivity contribution in [2.75, 3.05) is 13.1 Å². The fourth-order valence-electron chi connectivity index (χ4n) is 5.31. The van der Waals surface area contributed by atoms with E-state index in [0.29, 0.717) is 53.6 Å². The Kier molecular flexibility index (Phi) is 6.24. The molecule has 2 aromatic carbocycles. The van der Waals surface area contributed by atoms with Gasteiger partial charge >= 0.3 is 5.97 Å². The standard InChI is InChI=1S/C27H26ClFN2O5/c1-15(25(33)31-10-2-3-16(14-31)27(8-9-27)26(34)35)36-18-5-7-19-21(12-18)24(32)30-13-22(19)20-6-4-17(29)11-23(20)28/h4-7,11-13,15-16H,2-3,8-10,14H2,1H3,(H,30,32)(H,34,35)/t15-,16?/m1/s1. The largest absolute Gasteiger partial charge is 0.481 e. The van der Waals surface area contributed by atoms with Gasteiger partial charge in [-0.15, -0.1) is 0 Å². The van der Waals surface area contributed by atoms with Gasteiger partial charge in [0.15, 0.2) is 6.10 Å². The predicted octanol–water partition coefficient (Wildman–Crippen LogP) is 4.86. The third-order valence-electron chi connectivity index (χ3n) is 7.48. The van der Waals surface area contributed by atoms with Crippen LogP contribution in [0, 0.1) is 17.2 Å². The molecule has 1 aliphatic carbocycles. The number of hydrogen-bond acceptors (Lipinski definition) is 4. The van der Waals surface area contributed by atoms with E-state index >= 15 is 0 Å². The number of piperidine rings is 1. The van der Waals surface area contributed by atoms with Gasteiger partial charge in [0.05, 0.1) is 15.8 Å². The average Bonchev–Trinajstić information content (AvgIpc) is 3.67. The lowest BCUT2D eigenvalue weighted by atomic mass is 9.82. The fraction of sp³-hybridized carbons (Fsp3) is 0.370. The molecular formula is C27H26ClFN2O5. The first kappa shape index (κ1) is 24.3. The van der Waals surface area contributed by atoms with Crippen molar-refractivity contribution in [1.29, 1.82) is 0 Å². The molecule has 188 valence electrons. The van der Waals surface area contributed by atoms with Crippen LogP contribution < -0.4 is 10.3 Å². The normalized spacial score (nSPS) is 19.6. The second kappa shape index (κ2) is 9.24. The van der Waals surface area contributed by atoms with Crippen LogP contribution in [0.1, 0.15) is 32.6 Å². The number of likely N-dealkylation sites (tertiary alicyclic amines) is 1. The maximum absolute atomic E-state index is 13.5. The molecule has 1 unspecified atom stereocenters. The molecule has 2 atom stereocenters. The molecule has 2 aliphatic rings. The van der Waals surface area contributed by atoms with Crippen molar-refractivity contribution >= 4 is 34.2 Å². The Morgan fingerprint density at radius 1 is 1.19 bits per heavy atom. The smallest absolute Gasteiger partial charge is 0.309 e. The van der Waals surface area contributed by atoms with Crippen LogP contribution in [-0.4, -0.2) is 46.1 Å². The van der Waals surface area contributed by atoms with E-state index in [-0.39, 0.29) is 22.4 Å². The van der Waals surface area contributed by atoms with Crippen molar-refractivity contribution in [3.8, 4) is 16.9 Å². The van der Waals surface area contributed by atoms with Crippen LogP contribution in [0.25, 0.3) is 21.9 Å². The summed E-state index contributed by atoms with van der Waals surface area (Å²) in [6.45, 7) is 2.63. The van der Waals surface area contributed by atoms with Gasteiger partial charge in [-0.25, -0.2) is 4.39 Å². The van der Waals surface area contributed by atoms with Crippen LogP contribution in [0.4, 0.5) is 4.39 Å². The van der Waals surface area contributed by atoms with Crippen molar-refractivity contribution < 1.29 is 23.8 Å². The van der Waals surface area contributed by atoms with E-state index in [1.54, 1.807) is 36.1 Å². The Morgan fingerprint density at radius 2 is 1.97 bits per heavy atom. The number of aromatic amines is 1. The van der Waals surface area contributed by atoms with Gasteiger partial charge in [0.25, 0.3) is 11.5 Å². The third-order valence-corrected chi connectivity index (χ3v) is 7.80. The number of halogens is 2. The molecule has 1 saturated heterocycles. The quantitative estimate of drug-likeness (QED) is 0.491. The zero-order chi connectivity index (χ0) is 25.6. The average molecular weight is 513 g/mol. The molecule has 0 spiro atoms. The number of nitrogens with zero attached hydrogens (tertiary/aromatic N) is 1. The van der Waals surface area contributed by atoms with Gasteiger partial charge in [-0.3, -0.25) is 14.4 Å². The number of carbonyl (C=O) groups excluding carboxylic acids is 1. The lowest BCUT2D eigenvalue weighted by Gasteiger charge is -2.37. The molecule has 0 bridgehead atoms. The molecule has 1 amide bonds. The monoisotopic (exact) mass is 512 g/mol. The van der Waals surface area contributed by atoms with E-state index in [9.17, 15) is 23.9 Å². The van der Waals surface area contributed by atoms with Gasteiger partial charge in [0, 0.05) is 30.4 Å². The van der Waals surface area contributed by atoms with Gasteiger partial charge < -0.3 is 19.7 Å². The van der Waals surface area contributed by atoms with Gasteiger partial charge in [0.1, 0.15) is 11.6 Å². The molecule has 1 saturated carbocycles. The first-order valence-electron chi connectivity index (χ1n) is 12.0. The number of carboxylic acid groups (broad SMARTS) is 1. The minimum Gasteiger partial charge on any atom is -0.481 e. The Bertz CT molecular complexity index is 1420. The summed E-state index contributed by atoms with van der Waals surface area (Å²) in [5.74, 6) is -1.12. The van der Waals surface area contributed by atoms with Crippen molar-refractivity contribution in [2.45, 2.75) is 38.7 Å². The number of benzene rings is 2. The number of carboxylic acids is 1. The van der Waals surface area contributed by atoms with E-state index in [4.69, 9.17) is 16.3 Å². The summed E-state index contributed by atoms with van der Waals surface area (Å²) in [5, 5.41) is 10.8. The Labute approximate surface area is 211 Å². The number of hydrogen-bond donors (Lipinski definition) is 2. The van der Waals surface area contributed by atoms with Crippen LogP contribution in [0.5, 0.6) is 5.75 Å². The lowest BCUT2D eigenvalue weighted by Crippen LogP contribution is -2.48. The summed E-state index contributed by atoms with van der Waals surface area (Å²) in [4.78, 5) is 41.8. The number of aromatic nitrogens is 1. The zero-order valence-corrected chi connectivity index (χ0v) is 20.5. The first-order chi connectivity index (χ1) is 17.2. The predicted molar refractivity (Wildman–Crippen MR) is 134 cm³/mol. The van der Waals surface area contributed by atoms with Gasteiger partial charge in [-0.1, -0.05) is 11.6 Å². The van der Waals surface area contributed by atoms with Gasteiger partial charge in [-0.2, -0.15) is 0 Å². The Hall–Kier alpha value is -3.39. The highest BCUT2D eigenvalue weighted by molar-refractivity contribution is 6.33. The second-order valence-corrected chi connectivity index (χ2v) is 10.1. The van der Waals surface area contributed by atoms with E-state index in [1.807, 2.05) is 0 Å². The molecule has 7 nitrogen and oxygen atoms in total. The zero-order valence-electron chi connectivity index (χ0n) is 19.7. The number of H-pyrrole nitrogens is 1. The highest BCUT2D eigenvalue weighted by Crippen LogP contribution is 2.54. The van der Waals surface area contributed by atoms with E-state index in [1.165, 1.54) is 18.3 Å². The van der Waals surface area contributed by atoms with E-state index < -0.39 is 23.3 Å². The van der Waals surface area contributed by atoms with Gasteiger partial charge in [-0.05, 0) is 80.3 Å². The summed E-state index contributed by atoms with van der Waals surface area (Å²) in [5.41, 5.74) is 0.190. The maximum Gasteiger partial charge on any atom is 0.309 e. The molecule has 1 aromatic heterocycles. The number of carbonyl (C=O) groups is 2. The molecule has 0 radical (unpaired) electrons.